The van der Waals surface area contributed by atoms with E-state index in [4.69, 9.17) is 4.74 Å². The van der Waals surface area contributed by atoms with Crippen molar-refractivity contribution in [3.63, 3.8) is 0 Å². The Hall–Kier alpha value is -0.570. The normalized spacial score (nSPS) is 26.0. The van der Waals surface area contributed by atoms with Crippen LogP contribution in [0.3, 0.4) is 0 Å². The molecule has 3 nitrogen and oxygen atoms in total. The van der Waals surface area contributed by atoms with Crippen molar-refractivity contribution in [3.05, 3.63) is 0 Å². The Morgan fingerprint density at radius 3 is 2.50 bits per heavy atom. The second-order valence-electron chi connectivity index (χ2n) is 3.13. The molecular formula is C7H13NO2. The monoisotopic (exact) mass is 143 g/mol. The molecule has 58 valence electrons. The fraction of sp³-hybridized carbons (Fsp3) is 0.857. The van der Waals surface area contributed by atoms with Crippen LogP contribution < -0.4 is 0 Å². The van der Waals surface area contributed by atoms with E-state index in [0.29, 0.717) is 12.5 Å². The first kappa shape index (κ1) is 7.54. The van der Waals surface area contributed by atoms with Gasteiger partial charge in [0.2, 0.25) is 0 Å². The summed E-state index contributed by atoms with van der Waals surface area (Å²) in [6.07, 6.45) is 0. The van der Waals surface area contributed by atoms with Crippen molar-refractivity contribution in [2.24, 2.45) is 4.99 Å². The molecule has 0 aromatic heterocycles. The van der Waals surface area contributed by atoms with E-state index in [1.54, 1.807) is 20.8 Å². The lowest BCUT2D eigenvalue weighted by molar-refractivity contribution is 0.0436. The van der Waals surface area contributed by atoms with Gasteiger partial charge in [-0.15, -0.1) is 0 Å². The van der Waals surface area contributed by atoms with Gasteiger partial charge in [-0.2, -0.15) is 0 Å². The molecule has 0 unspecified atom stereocenters. The molecule has 1 heterocycles. The highest BCUT2D eigenvalue weighted by Gasteiger charge is 2.30. The van der Waals surface area contributed by atoms with Gasteiger partial charge in [-0.25, -0.2) is 4.99 Å². The van der Waals surface area contributed by atoms with E-state index in [1.165, 1.54) is 0 Å². The van der Waals surface area contributed by atoms with Gasteiger partial charge in [0.05, 0.1) is 5.60 Å². The number of hydrogen-bond donors (Lipinski definition) is 1. The highest BCUT2D eigenvalue weighted by Crippen LogP contribution is 2.17. The van der Waals surface area contributed by atoms with Gasteiger partial charge in [-0.05, 0) is 13.8 Å². The lowest BCUT2D eigenvalue weighted by Gasteiger charge is -2.20. The van der Waals surface area contributed by atoms with Crippen LogP contribution in [0.25, 0.3) is 0 Å². The van der Waals surface area contributed by atoms with Crippen molar-refractivity contribution < 1.29 is 9.84 Å². The van der Waals surface area contributed by atoms with E-state index in [-0.39, 0.29) is 6.04 Å². The van der Waals surface area contributed by atoms with Gasteiger partial charge in [0.15, 0.2) is 5.90 Å². The Kier molecular flexibility index (Phi) is 1.68. The summed E-state index contributed by atoms with van der Waals surface area (Å²) in [4.78, 5) is 4.10. The highest BCUT2D eigenvalue weighted by atomic mass is 16.5. The summed E-state index contributed by atoms with van der Waals surface area (Å²) in [7, 11) is 0. The van der Waals surface area contributed by atoms with Gasteiger partial charge < -0.3 is 9.84 Å². The molecule has 3 heteroatoms. The van der Waals surface area contributed by atoms with Gasteiger partial charge >= 0.3 is 0 Å². The maximum Gasteiger partial charge on any atom is 0.180 e. The zero-order valence-electron chi connectivity index (χ0n) is 6.59. The molecule has 0 amide bonds. The fourth-order valence-corrected chi connectivity index (χ4v) is 0.855. The van der Waals surface area contributed by atoms with Gasteiger partial charge in [0, 0.05) is 6.92 Å². The Bertz CT molecular complexity index is 157. The van der Waals surface area contributed by atoms with Crippen molar-refractivity contribution in [1.82, 2.24) is 0 Å². The van der Waals surface area contributed by atoms with Gasteiger partial charge in [-0.1, -0.05) is 0 Å². The number of hydrogen-bond acceptors (Lipinski definition) is 3. The van der Waals surface area contributed by atoms with Crippen molar-refractivity contribution in [2.75, 3.05) is 6.61 Å². The van der Waals surface area contributed by atoms with Crippen LogP contribution in [0.1, 0.15) is 20.8 Å². The summed E-state index contributed by atoms with van der Waals surface area (Å²) >= 11 is 0. The van der Waals surface area contributed by atoms with Crippen molar-refractivity contribution >= 4 is 5.90 Å². The molecule has 1 aliphatic heterocycles. The molecule has 0 bridgehead atoms. The van der Waals surface area contributed by atoms with E-state index < -0.39 is 5.60 Å². The van der Waals surface area contributed by atoms with Crippen LogP contribution in [-0.2, 0) is 4.74 Å². The summed E-state index contributed by atoms with van der Waals surface area (Å²) < 4.78 is 5.08. The summed E-state index contributed by atoms with van der Waals surface area (Å²) in [5.74, 6) is 0.673. The van der Waals surface area contributed by atoms with Crippen LogP contribution in [0.2, 0.25) is 0 Å². The molecule has 0 saturated carbocycles. The molecule has 0 spiro atoms. The zero-order chi connectivity index (χ0) is 7.78. The summed E-state index contributed by atoms with van der Waals surface area (Å²) in [5, 5.41) is 9.45. The maximum absolute atomic E-state index is 9.45. The number of ether oxygens (including phenoxy) is 1. The molecule has 0 radical (unpaired) electrons. The third-order valence-electron chi connectivity index (χ3n) is 1.60. The topological polar surface area (TPSA) is 41.8 Å². The Morgan fingerprint density at radius 2 is 2.30 bits per heavy atom. The highest BCUT2D eigenvalue weighted by molar-refractivity contribution is 5.74. The lowest BCUT2D eigenvalue weighted by Crippen LogP contribution is -2.35. The van der Waals surface area contributed by atoms with Gasteiger partial charge in [0.25, 0.3) is 0 Å². The van der Waals surface area contributed by atoms with E-state index in [1.807, 2.05) is 0 Å². The van der Waals surface area contributed by atoms with E-state index >= 15 is 0 Å². The number of rotatable bonds is 1. The van der Waals surface area contributed by atoms with Crippen LogP contribution in [0, 0.1) is 0 Å². The lowest BCUT2D eigenvalue weighted by atomic mass is 10.0. The quantitative estimate of drug-likeness (QED) is 0.583. The summed E-state index contributed by atoms with van der Waals surface area (Å²) in [5.41, 5.74) is -0.752. The third-order valence-corrected chi connectivity index (χ3v) is 1.60. The predicted octanol–water partition coefficient (Wildman–Crippen LogP) is 0.575. The largest absolute Gasteiger partial charge is 0.479 e. The predicted molar refractivity (Wildman–Crippen MR) is 39.1 cm³/mol. The van der Waals surface area contributed by atoms with E-state index in [0.717, 1.165) is 0 Å². The van der Waals surface area contributed by atoms with Crippen LogP contribution in [0.4, 0.5) is 0 Å². The maximum atomic E-state index is 9.45. The average Bonchev–Trinajstić information content (AvgIpc) is 2.11. The molecule has 0 fully saturated rings. The molecule has 0 aromatic carbocycles. The number of aliphatic hydroxyl groups is 1. The molecule has 10 heavy (non-hydrogen) atoms. The van der Waals surface area contributed by atoms with Crippen LogP contribution in [0.15, 0.2) is 4.99 Å². The first-order chi connectivity index (χ1) is 4.50. The van der Waals surface area contributed by atoms with Crippen LogP contribution in [0.5, 0.6) is 0 Å². The van der Waals surface area contributed by atoms with Gasteiger partial charge in [-0.3, -0.25) is 0 Å². The molecule has 1 atom stereocenters. The first-order valence-corrected chi connectivity index (χ1v) is 3.40. The zero-order valence-corrected chi connectivity index (χ0v) is 6.59. The molecule has 0 saturated heterocycles. The van der Waals surface area contributed by atoms with Crippen molar-refractivity contribution in [3.8, 4) is 0 Å². The number of aliphatic imine (C=N–C) groups is 1. The molecule has 1 aliphatic rings. The fourth-order valence-electron chi connectivity index (χ4n) is 0.855. The minimum absolute atomic E-state index is 0.0903. The number of nitrogens with zero attached hydrogens (tertiary/aromatic N) is 1. The summed E-state index contributed by atoms with van der Waals surface area (Å²) in [6.45, 7) is 5.79. The Balaban J connectivity index is 2.61. The third kappa shape index (κ3) is 1.48. The smallest absolute Gasteiger partial charge is 0.180 e. The molecule has 1 N–H and O–H groups in total. The van der Waals surface area contributed by atoms with E-state index in [9.17, 15) is 5.11 Å². The van der Waals surface area contributed by atoms with Crippen LogP contribution in [-0.4, -0.2) is 29.3 Å². The average molecular weight is 143 g/mol. The van der Waals surface area contributed by atoms with Crippen molar-refractivity contribution in [1.29, 1.82) is 0 Å². The molecule has 1 rings (SSSR count). The van der Waals surface area contributed by atoms with Crippen LogP contribution >= 0.6 is 0 Å². The molecule has 0 aromatic rings. The Morgan fingerprint density at radius 1 is 1.70 bits per heavy atom. The minimum Gasteiger partial charge on any atom is -0.479 e. The second kappa shape index (κ2) is 2.23. The summed E-state index contributed by atoms with van der Waals surface area (Å²) in [6, 6.07) is -0.0903. The second-order valence-corrected chi connectivity index (χ2v) is 3.13. The molecule has 0 aliphatic carbocycles. The molecular weight excluding hydrogens is 130 g/mol. The standard InChI is InChI=1S/C7H13NO2/c1-5-8-6(4-10-5)7(2,3)9/h6,9H,4H2,1-3H3/t6-/m0/s1. The Labute approximate surface area is 60.7 Å². The van der Waals surface area contributed by atoms with E-state index in [2.05, 4.69) is 4.99 Å². The first-order valence-electron chi connectivity index (χ1n) is 3.40. The minimum atomic E-state index is -0.752. The SMILES string of the molecule is CC1=N[C@H](C(C)(C)O)CO1. The van der Waals surface area contributed by atoms with Crippen molar-refractivity contribution in [2.45, 2.75) is 32.4 Å². The van der Waals surface area contributed by atoms with Gasteiger partial charge in [0.1, 0.15) is 12.6 Å².